The van der Waals surface area contributed by atoms with Crippen LogP contribution in [-0.4, -0.2) is 39.2 Å². The van der Waals surface area contributed by atoms with Gasteiger partial charge in [-0.1, -0.05) is 24.2 Å². The minimum atomic E-state index is 0.0988. The molecule has 2 aromatic rings. The van der Waals surface area contributed by atoms with Crippen LogP contribution in [0.25, 0.3) is 0 Å². The minimum absolute atomic E-state index is 0.0988. The molecule has 130 valence electrons. The van der Waals surface area contributed by atoms with E-state index in [0.717, 1.165) is 30.6 Å². The Balaban J connectivity index is 1.67. The Morgan fingerprint density at radius 3 is 2.71 bits per heavy atom. The van der Waals surface area contributed by atoms with Crippen LogP contribution in [0.5, 0.6) is 0 Å². The second-order valence-electron chi connectivity index (χ2n) is 6.80. The lowest BCUT2D eigenvalue weighted by Gasteiger charge is -2.31. The van der Waals surface area contributed by atoms with Gasteiger partial charge in [-0.2, -0.15) is 4.98 Å². The number of carbonyl (C=O) groups is 1. The van der Waals surface area contributed by atoms with Crippen LogP contribution >= 0.6 is 0 Å². The normalized spacial score (nSPS) is 18.4. The zero-order valence-corrected chi connectivity index (χ0v) is 14.7. The molecule has 7 heteroatoms. The number of likely N-dealkylation sites (tertiary alicyclic amines) is 1. The fourth-order valence-corrected chi connectivity index (χ4v) is 3.08. The van der Waals surface area contributed by atoms with Gasteiger partial charge >= 0.3 is 0 Å². The highest BCUT2D eigenvalue weighted by Gasteiger charge is 2.29. The smallest absolute Gasteiger partial charge is 0.229 e. The number of carbonyl (C=O) groups excluding carboxylic acids is 1. The van der Waals surface area contributed by atoms with Crippen LogP contribution in [0, 0.1) is 13.8 Å². The molecule has 24 heavy (non-hydrogen) atoms. The second-order valence-corrected chi connectivity index (χ2v) is 6.80. The topological polar surface area (TPSA) is 85.3 Å². The summed E-state index contributed by atoms with van der Waals surface area (Å²) in [4.78, 5) is 19.0. The lowest BCUT2D eigenvalue weighted by Crippen LogP contribution is -2.40. The highest BCUT2D eigenvalue weighted by Crippen LogP contribution is 2.27. The fraction of sp³-hybridized carbons (Fsp3) is 0.647. The molecule has 0 radical (unpaired) electrons. The molecule has 7 nitrogen and oxygen atoms in total. The van der Waals surface area contributed by atoms with E-state index in [-0.39, 0.29) is 17.7 Å². The van der Waals surface area contributed by atoms with E-state index in [1.807, 2.05) is 32.6 Å². The van der Waals surface area contributed by atoms with Crippen LogP contribution in [0.1, 0.15) is 67.3 Å². The van der Waals surface area contributed by atoms with Crippen molar-refractivity contribution in [1.29, 1.82) is 0 Å². The SMILES string of the molecule is Cc1noc(C)c1CC(=O)N1CCC[C@H](c2noc(C(C)C)n2)C1. The summed E-state index contributed by atoms with van der Waals surface area (Å²) < 4.78 is 10.5. The lowest BCUT2D eigenvalue weighted by atomic mass is 9.96. The van der Waals surface area contributed by atoms with Crippen molar-refractivity contribution in [3.63, 3.8) is 0 Å². The van der Waals surface area contributed by atoms with Crippen molar-refractivity contribution in [3.05, 3.63) is 28.7 Å². The van der Waals surface area contributed by atoms with Gasteiger partial charge in [0, 0.05) is 30.5 Å². The molecule has 0 aliphatic carbocycles. The average molecular weight is 332 g/mol. The molecule has 1 amide bonds. The van der Waals surface area contributed by atoms with Gasteiger partial charge in [0.15, 0.2) is 5.82 Å². The third-order valence-electron chi connectivity index (χ3n) is 4.60. The van der Waals surface area contributed by atoms with Crippen LogP contribution in [0.2, 0.25) is 0 Å². The summed E-state index contributed by atoms with van der Waals surface area (Å²) in [7, 11) is 0. The fourth-order valence-electron chi connectivity index (χ4n) is 3.08. The van der Waals surface area contributed by atoms with Gasteiger partial charge in [0.1, 0.15) is 5.76 Å². The van der Waals surface area contributed by atoms with E-state index in [2.05, 4.69) is 15.3 Å². The Bertz CT molecular complexity index is 700. The lowest BCUT2D eigenvalue weighted by molar-refractivity contribution is -0.131. The molecule has 0 spiro atoms. The number of hydrogen-bond donors (Lipinski definition) is 0. The van der Waals surface area contributed by atoms with Crippen molar-refractivity contribution in [2.24, 2.45) is 0 Å². The van der Waals surface area contributed by atoms with E-state index < -0.39 is 0 Å². The highest BCUT2D eigenvalue weighted by atomic mass is 16.5. The van der Waals surface area contributed by atoms with Crippen molar-refractivity contribution >= 4 is 5.91 Å². The maximum absolute atomic E-state index is 12.7. The minimum Gasteiger partial charge on any atom is -0.361 e. The second kappa shape index (κ2) is 6.75. The molecule has 3 rings (SSSR count). The maximum Gasteiger partial charge on any atom is 0.229 e. The van der Waals surface area contributed by atoms with Crippen LogP contribution in [0.15, 0.2) is 9.05 Å². The summed E-state index contributed by atoms with van der Waals surface area (Å²) in [5, 5.41) is 8.03. The first-order valence-electron chi connectivity index (χ1n) is 8.48. The molecule has 1 fully saturated rings. The van der Waals surface area contributed by atoms with Crippen molar-refractivity contribution in [1.82, 2.24) is 20.2 Å². The van der Waals surface area contributed by atoms with Gasteiger partial charge in [-0.3, -0.25) is 4.79 Å². The van der Waals surface area contributed by atoms with E-state index in [1.165, 1.54) is 0 Å². The Kier molecular flexibility index (Phi) is 4.69. The van der Waals surface area contributed by atoms with E-state index in [9.17, 15) is 4.79 Å². The predicted molar refractivity (Wildman–Crippen MR) is 86.6 cm³/mol. The molecule has 3 heterocycles. The van der Waals surface area contributed by atoms with Crippen molar-refractivity contribution in [2.75, 3.05) is 13.1 Å². The standard InChI is InChI=1S/C17H24N4O3/c1-10(2)17-18-16(20-24-17)13-6-5-7-21(9-13)15(22)8-14-11(3)19-23-12(14)4/h10,13H,5-9H2,1-4H3/t13-/m0/s1. The number of hydrogen-bond acceptors (Lipinski definition) is 6. The van der Waals surface area contributed by atoms with Crippen molar-refractivity contribution in [3.8, 4) is 0 Å². The van der Waals surface area contributed by atoms with Crippen LogP contribution in [0.3, 0.4) is 0 Å². The average Bonchev–Trinajstić information content (AvgIpc) is 3.18. The first-order valence-corrected chi connectivity index (χ1v) is 8.48. The van der Waals surface area contributed by atoms with Gasteiger partial charge in [0.25, 0.3) is 0 Å². The molecule has 0 aromatic carbocycles. The predicted octanol–water partition coefficient (Wildman–Crippen LogP) is 2.75. The molecule has 1 aliphatic heterocycles. The molecule has 0 bridgehead atoms. The number of aromatic nitrogens is 3. The Hall–Kier alpha value is -2.18. The zero-order chi connectivity index (χ0) is 17.3. The largest absolute Gasteiger partial charge is 0.361 e. The third-order valence-corrected chi connectivity index (χ3v) is 4.60. The quantitative estimate of drug-likeness (QED) is 0.856. The van der Waals surface area contributed by atoms with Crippen LogP contribution in [0.4, 0.5) is 0 Å². The number of amides is 1. The summed E-state index contributed by atoms with van der Waals surface area (Å²) in [5.74, 6) is 2.55. The van der Waals surface area contributed by atoms with E-state index >= 15 is 0 Å². The molecular weight excluding hydrogens is 308 g/mol. The van der Waals surface area contributed by atoms with Crippen LogP contribution in [-0.2, 0) is 11.2 Å². The summed E-state index contributed by atoms with van der Waals surface area (Å²) in [5.41, 5.74) is 1.68. The van der Waals surface area contributed by atoms with Gasteiger partial charge in [-0.05, 0) is 26.7 Å². The van der Waals surface area contributed by atoms with Gasteiger partial charge in [-0.15, -0.1) is 0 Å². The van der Waals surface area contributed by atoms with Gasteiger partial charge in [0.2, 0.25) is 11.8 Å². The molecule has 2 aromatic heterocycles. The van der Waals surface area contributed by atoms with E-state index in [4.69, 9.17) is 9.05 Å². The summed E-state index contributed by atoms with van der Waals surface area (Å²) >= 11 is 0. The van der Waals surface area contributed by atoms with E-state index in [0.29, 0.717) is 30.4 Å². The number of rotatable bonds is 4. The van der Waals surface area contributed by atoms with Crippen LogP contribution < -0.4 is 0 Å². The van der Waals surface area contributed by atoms with Gasteiger partial charge < -0.3 is 13.9 Å². The van der Waals surface area contributed by atoms with E-state index in [1.54, 1.807) is 0 Å². The summed E-state index contributed by atoms with van der Waals surface area (Å²) in [6.07, 6.45) is 2.26. The third kappa shape index (κ3) is 3.34. The molecule has 0 unspecified atom stereocenters. The number of piperidine rings is 1. The molecule has 1 saturated heterocycles. The summed E-state index contributed by atoms with van der Waals surface area (Å²) in [6.45, 7) is 9.17. The highest BCUT2D eigenvalue weighted by molar-refractivity contribution is 5.79. The molecule has 0 saturated carbocycles. The monoisotopic (exact) mass is 332 g/mol. The Labute approximate surface area is 141 Å². The molecule has 1 atom stereocenters. The molecule has 0 N–H and O–H groups in total. The Morgan fingerprint density at radius 2 is 2.08 bits per heavy atom. The number of nitrogens with zero attached hydrogens (tertiary/aromatic N) is 4. The molecule has 1 aliphatic rings. The van der Waals surface area contributed by atoms with Gasteiger partial charge in [-0.25, -0.2) is 0 Å². The summed E-state index contributed by atoms with van der Waals surface area (Å²) in [6, 6.07) is 0. The molecular formula is C17H24N4O3. The zero-order valence-electron chi connectivity index (χ0n) is 14.7. The first kappa shape index (κ1) is 16.7. The number of aryl methyl sites for hydroxylation is 2. The first-order chi connectivity index (χ1) is 11.5. The van der Waals surface area contributed by atoms with Crippen molar-refractivity contribution < 1.29 is 13.8 Å². The Morgan fingerprint density at radius 1 is 1.29 bits per heavy atom. The maximum atomic E-state index is 12.7. The van der Waals surface area contributed by atoms with Crippen molar-refractivity contribution in [2.45, 2.75) is 58.8 Å². The van der Waals surface area contributed by atoms with Gasteiger partial charge in [0.05, 0.1) is 12.1 Å².